The van der Waals surface area contributed by atoms with Crippen LogP contribution in [0.15, 0.2) is 72.8 Å². The molecule has 65 heavy (non-hydrogen) atoms. The molecule has 2 aliphatic heterocycles. The van der Waals surface area contributed by atoms with E-state index in [0.717, 1.165) is 137 Å². The second kappa shape index (κ2) is 20.2. The molecule has 9 rings (SSSR count). The van der Waals surface area contributed by atoms with Gasteiger partial charge in [0.15, 0.2) is 11.5 Å². The molecule has 0 bridgehead atoms. The number of hydrogen-bond donors (Lipinski definition) is 1. The highest BCUT2D eigenvalue weighted by atomic mass is 35.5. The first-order chi connectivity index (χ1) is 31.7. The molecule has 3 atom stereocenters. The topological polar surface area (TPSA) is 151 Å². The maximum Gasteiger partial charge on any atom is 0.414 e. The summed E-state index contributed by atoms with van der Waals surface area (Å²) in [5.41, 5.74) is 6.12. The lowest BCUT2D eigenvalue weighted by Crippen LogP contribution is -2.48. The number of carbonyl (C=O) groups is 2. The largest absolute Gasteiger partial charge is 0.490 e. The van der Waals surface area contributed by atoms with Crippen LogP contribution in [0.5, 0.6) is 5.75 Å². The molecule has 2 aliphatic carbocycles. The van der Waals surface area contributed by atoms with Gasteiger partial charge in [0.1, 0.15) is 17.6 Å². The Morgan fingerprint density at radius 1 is 0.908 bits per heavy atom. The molecular formula is C50H58ClN9O5. The summed E-state index contributed by atoms with van der Waals surface area (Å²) in [7, 11) is 1.45. The van der Waals surface area contributed by atoms with Crippen molar-refractivity contribution in [1.82, 2.24) is 30.0 Å². The number of amides is 2. The first kappa shape index (κ1) is 44.5. The van der Waals surface area contributed by atoms with E-state index in [4.69, 9.17) is 36.1 Å². The lowest BCUT2D eigenvalue weighted by atomic mass is 9.91. The minimum absolute atomic E-state index is 0.0273. The van der Waals surface area contributed by atoms with Crippen molar-refractivity contribution in [3.8, 4) is 11.8 Å². The van der Waals surface area contributed by atoms with E-state index in [-0.39, 0.29) is 42.3 Å². The van der Waals surface area contributed by atoms with Crippen molar-refractivity contribution in [2.45, 2.75) is 108 Å². The zero-order chi connectivity index (χ0) is 44.9. The molecule has 340 valence electrons. The van der Waals surface area contributed by atoms with E-state index in [0.29, 0.717) is 28.6 Å². The van der Waals surface area contributed by atoms with Gasteiger partial charge in [0.25, 0.3) is 5.91 Å². The summed E-state index contributed by atoms with van der Waals surface area (Å²) >= 11 is 6.17. The number of benzene rings is 3. The Bertz CT molecular complexity index is 2500. The van der Waals surface area contributed by atoms with Crippen LogP contribution in [0.1, 0.15) is 104 Å². The third-order valence-corrected chi connectivity index (χ3v) is 14.1. The summed E-state index contributed by atoms with van der Waals surface area (Å²) < 4.78 is 20.4. The van der Waals surface area contributed by atoms with Crippen molar-refractivity contribution >= 4 is 46.1 Å². The van der Waals surface area contributed by atoms with E-state index in [1.54, 1.807) is 29.2 Å². The smallest absolute Gasteiger partial charge is 0.414 e. The van der Waals surface area contributed by atoms with Crippen LogP contribution >= 0.6 is 11.6 Å². The number of hydrogen-bond acceptors (Lipinski definition) is 11. The molecule has 1 saturated heterocycles. The Kier molecular flexibility index (Phi) is 13.8. The number of nitrogens with one attached hydrogen (secondary N) is 1. The molecule has 2 saturated carbocycles. The Balaban J connectivity index is 0.749. The van der Waals surface area contributed by atoms with Gasteiger partial charge in [-0.25, -0.2) is 9.78 Å². The van der Waals surface area contributed by atoms with Crippen LogP contribution < -0.4 is 19.9 Å². The van der Waals surface area contributed by atoms with Gasteiger partial charge in [0.2, 0.25) is 0 Å². The van der Waals surface area contributed by atoms with E-state index in [1.165, 1.54) is 12.7 Å². The number of halogens is 1. The number of ether oxygens (including phenoxy) is 3. The number of anilines is 2. The fourth-order valence-corrected chi connectivity index (χ4v) is 10.5. The average Bonchev–Trinajstić information content (AvgIpc) is 3.70. The third-order valence-electron chi connectivity index (χ3n) is 13.8. The van der Waals surface area contributed by atoms with Gasteiger partial charge in [-0.1, -0.05) is 41.9 Å². The number of piperazine rings is 1. The summed E-state index contributed by atoms with van der Waals surface area (Å²) in [6.07, 6.45) is 9.67. The van der Waals surface area contributed by atoms with Crippen molar-refractivity contribution in [3.63, 3.8) is 0 Å². The van der Waals surface area contributed by atoms with Gasteiger partial charge in [-0.15, -0.1) is 10.2 Å². The van der Waals surface area contributed by atoms with E-state index < -0.39 is 0 Å². The van der Waals surface area contributed by atoms with Gasteiger partial charge in [0, 0.05) is 68.9 Å². The molecule has 1 N–H and O–H groups in total. The van der Waals surface area contributed by atoms with Crippen LogP contribution in [0.2, 0.25) is 5.02 Å². The molecule has 5 aromatic rings. The van der Waals surface area contributed by atoms with Crippen LogP contribution in [-0.2, 0) is 22.3 Å². The maximum atomic E-state index is 13.1. The number of imidazole rings is 1. The third kappa shape index (κ3) is 10.1. The van der Waals surface area contributed by atoms with Gasteiger partial charge >= 0.3 is 6.09 Å². The molecule has 4 aliphatic rings. The summed E-state index contributed by atoms with van der Waals surface area (Å²) in [6.45, 7) is 7.06. The lowest BCUT2D eigenvalue weighted by molar-refractivity contribution is 0.00421. The van der Waals surface area contributed by atoms with Crippen LogP contribution in [-0.4, -0.2) is 107 Å². The predicted octanol–water partition coefficient (Wildman–Crippen LogP) is 8.29. The molecule has 15 heteroatoms. The van der Waals surface area contributed by atoms with Crippen LogP contribution in [0.3, 0.4) is 0 Å². The summed E-state index contributed by atoms with van der Waals surface area (Å²) in [4.78, 5) is 37.8. The van der Waals surface area contributed by atoms with E-state index in [2.05, 4.69) is 85.3 Å². The van der Waals surface area contributed by atoms with Crippen molar-refractivity contribution in [1.29, 1.82) is 5.26 Å². The van der Waals surface area contributed by atoms with Gasteiger partial charge in [0.05, 0.1) is 53.2 Å². The molecule has 2 aromatic heterocycles. The first-order valence-electron chi connectivity index (χ1n) is 23.3. The quantitative estimate of drug-likeness (QED) is 0.129. The van der Waals surface area contributed by atoms with Gasteiger partial charge in [-0.2, -0.15) is 5.26 Å². The lowest BCUT2D eigenvalue weighted by Gasteiger charge is -2.36. The van der Waals surface area contributed by atoms with Gasteiger partial charge in [-0.05, 0) is 113 Å². The molecule has 14 nitrogen and oxygen atoms in total. The molecule has 3 aromatic carbocycles. The fourth-order valence-electron chi connectivity index (χ4n) is 10.2. The molecule has 4 heterocycles. The van der Waals surface area contributed by atoms with E-state index in [9.17, 15) is 9.59 Å². The maximum absolute atomic E-state index is 13.1. The second-order valence-corrected chi connectivity index (χ2v) is 18.4. The SMILES string of the molecule is COC(=O)N1c2ccc3c(nc(Cc4ccccc4)n3[C@@H]3CCC[C@H](OCCN4CCN(c5ccc(C(=O)NC6CCC(Oc7ccc(C#N)c(Cl)c7)CC6)nn5)CC4)C3)c2CC[C@@H]1C. The number of fused-ring (bicyclic) bond motifs is 3. The number of nitrogens with zero attached hydrogens (tertiary/aromatic N) is 8. The highest BCUT2D eigenvalue weighted by Gasteiger charge is 2.34. The number of rotatable bonds is 12. The van der Waals surface area contributed by atoms with Crippen molar-refractivity contribution in [2.75, 3.05) is 56.2 Å². The number of nitriles is 1. The fraction of sp³-hybridized carbons (Fsp3) is 0.480. The molecular weight excluding hydrogens is 842 g/mol. The summed E-state index contributed by atoms with van der Waals surface area (Å²) in [5.74, 6) is 2.27. The zero-order valence-electron chi connectivity index (χ0n) is 37.3. The first-order valence-corrected chi connectivity index (χ1v) is 23.7. The van der Waals surface area contributed by atoms with E-state index >= 15 is 0 Å². The summed E-state index contributed by atoms with van der Waals surface area (Å²) in [6, 6.07) is 26.0. The molecule has 0 spiro atoms. The van der Waals surface area contributed by atoms with E-state index in [1.807, 2.05) is 6.07 Å². The normalized spacial score (nSPS) is 22.5. The van der Waals surface area contributed by atoms with Crippen LogP contribution in [0, 0.1) is 11.3 Å². The van der Waals surface area contributed by atoms with Crippen LogP contribution in [0.25, 0.3) is 11.0 Å². The Labute approximate surface area is 385 Å². The Hall–Kier alpha value is -5.75. The minimum atomic E-state index is -0.328. The van der Waals surface area contributed by atoms with Crippen molar-refractivity contribution in [2.24, 2.45) is 0 Å². The molecule has 2 amide bonds. The number of aromatic nitrogens is 4. The summed E-state index contributed by atoms with van der Waals surface area (Å²) in [5, 5.41) is 21.4. The zero-order valence-corrected chi connectivity index (χ0v) is 38.1. The monoisotopic (exact) mass is 899 g/mol. The number of aryl methyl sites for hydroxylation is 1. The standard InChI is InChI=1S/C50H58ClN9O5/c1-33-11-18-41-44(59(33)50(62)63-2)20-21-45-48(41)54-47(29-34-7-4-3-5-8-34)60(45)37-9-6-10-39(30-37)64-28-27-57-23-25-58(26-24-57)46-22-19-43(55-56-46)49(61)53-36-13-16-38(17-14-36)65-40-15-12-35(32-52)42(51)31-40/h3-5,7-8,12,15,19-22,31,33,36-39H,6,9-11,13-14,16-18,23-30H2,1-2H3,(H,53,61)/t33-,36?,37+,38?,39-/m0/s1. The highest BCUT2D eigenvalue weighted by Crippen LogP contribution is 2.40. The second-order valence-electron chi connectivity index (χ2n) is 18.0. The van der Waals surface area contributed by atoms with Gasteiger partial charge in [-0.3, -0.25) is 14.6 Å². The molecule has 3 fully saturated rings. The average molecular weight is 901 g/mol. The Morgan fingerprint density at radius 2 is 1.72 bits per heavy atom. The highest BCUT2D eigenvalue weighted by molar-refractivity contribution is 6.31. The van der Waals surface area contributed by atoms with Crippen LogP contribution in [0.4, 0.5) is 16.3 Å². The van der Waals surface area contributed by atoms with Gasteiger partial charge < -0.3 is 29.0 Å². The molecule has 0 unspecified atom stereocenters. The Morgan fingerprint density at radius 3 is 2.46 bits per heavy atom. The minimum Gasteiger partial charge on any atom is -0.490 e. The predicted molar refractivity (Wildman–Crippen MR) is 250 cm³/mol. The molecule has 0 radical (unpaired) electrons. The van der Waals surface area contributed by atoms with Crippen molar-refractivity contribution < 1.29 is 23.8 Å². The number of carbonyl (C=O) groups excluding carboxylic acids is 2. The van der Waals surface area contributed by atoms with Crippen molar-refractivity contribution in [3.05, 3.63) is 106 Å². The number of methoxy groups -OCH3 is 1.